The smallest absolute Gasteiger partial charge is 0.257 e. The zero-order valence-corrected chi connectivity index (χ0v) is 16.8. The van der Waals surface area contributed by atoms with Crippen molar-refractivity contribution in [3.8, 4) is 5.75 Å². The van der Waals surface area contributed by atoms with Gasteiger partial charge in [0.2, 0.25) is 5.91 Å². The lowest BCUT2D eigenvalue weighted by atomic mass is 9.97. The molecule has 146 valence electrons. The number of carbonyl (C=O) groups is 2. The van der Waals surface area contributed by atoms with Gasteiger partial charge in [-0.2, -0.15) is 0 Å². The fraction of sp³-hybridized carbons (Fsp3) is 0.556. The summed E-state index contributed by atoms with van der Waals surface area (Å²) in [5, 5.41) is 3.29. The Hall–Kier alpha value is -1.66. The van der Waals surface area contributed by atoms with Gasteiger partial charge >= 0.3 is 0 Å². The van der Waals surface area contributed by atoms with Crippen LogP contribution in [0.15, 0.2) is 12.1 Å². The lowest BCUT2D eigenvalue weighted by Gasteiger charge is -2.33. The topological polar surface area (TPSA) is 84.7 Å². The molecule has 8 heteroatoms. The van der Waals surface area contributed by atoms with Crippen LogP contribution >= 0.6 is 24.0 Å². The number of benzene rings is 1. The summed E-state index contributed by atoms with van der Waals surface area (Å²) in [6.45, 7) is 3.87. The second-order valence-electron chi connectivity index (χ2n) is 6.39. The van der Waals surface area contributed by atoms with E-state index in [9.17, 15) is 9.59 Å². The SMILES string of the molecule is CCCC(=O)NCC1CCCN(C(=O)c2cc(Cl)c(N)cc2OC)C1.Cl. The summed E-state index contributed by atoms with van der Waals surface area (Å²) in [5.74, 6) is 0.625. The van der Waals surface area contributed by atoms with Crippen LogP contribution in [0.5, 0.6) is 5.75 Å². The van der Waals surface area contributed by atoms with Gasteiger partial charge in [-0.3, -0.25) is 9.59 Å². The molecule has 1 heterocycles. The summed E-state index contributed by atoms with van der Waals surface area (Å²) >= 11 is 6.07. The highest BCUT2D eigenvalue weighted by Gasteiger charge is 2.27. The third kappa shape index (κ3) is 5.68. The number of halogens is 2. The number of ether oxygens (including phenoxy) is 1. The molecule has 6 nitrogen and oxygen atoms in total. The molecule has 1 aromatic rings. The summed E-state index contributed by atoms with van der Waals surface area (Å²) < 4.78 is 5.28. The second kappa shape index (κ2) is 10.5. The van der Waals surface area contributed by atoms with E-state index in [1.807, 2.05) is 6.92 Å². The number of hydrogen-bond acceptors (Lipinski definition) is 4. The van der Waals surface area contributed by atoms with E-state index >= 15 is 0 Å². The summed E-state index contributed by atoms with van der Waals surface area (Å²) in [5.41, 5.74) is 6.58. The van der Waals surface area contributed by atoms with Crippen LogP contribution in [-0.4, -0.2) is 43.5 Å². The van der Waals surface area contributed by atoms with Crippen LogP contribution in [0.3, 0.4) is 0 Å². The Morgan fingerprint density at radius 3 is 2.81 bits per heavy atom. The Balaban J connectivity index is 0.00000338. The molecule has 0 radical (unpaired) electrons. The minimum absolute atomic E-state index is 0. The monoisotopic (exact) mass is 403 g/mol. The van der Waals surface area contributed by atoms with Gasteiger partial charge in [0.05, 0.1) is 23.4 Å². The largest absolute Gasteiger partial charge is 0.496 e. The van der Waals surface area contributed by atoms with Crippen molar-refractivity contribution in [1.82, 2.24) is 10.2 Å². The van der Waals surface area contributed by atoms with E-state index in [4.69, 9.17) is 22.1 Å². The fourth-order valence-corrected chi connectivity index (χ4v) is 3.23. The Bertz CT molecular complexity index is 640. The third-order valence-electron chi connectivity index (χ3n) is 4.42. The molecule has 0 saturated carbocycles. The fourth-order valence-electron chi connectivity index (χ4n) is 3.07. The van der Waals surface area contributed by atoms with Crippen LogP contribution in [0.4, 0.5) is 5.69 Å². The molecule has 1 fully saturated rings. The number of nitrogen functional groups attached to an aromatic ring is 1. The maximum absolute atomic E-state index is 12.9. The maximum Gasteiger partial charge on any atom is 0.257 e. The lowest BCUT2D eigenvalue weighted by molar-refractivity contribution is -0.121. The minimum atomic E-state index is -0.122. The number of nitrogens with two attached hydrogens (primary N) is 1. The predicted octanol–water partition coefficient (Wildman–Crippen LogP) is 3.12. The first kappa shape index (κ1) is 22.4. The van der Waals surface area contributed by atoms with Gasteiger partial charge in [-0.05, 0) is 31.2 Å². The van der Waals surface area contributed by atoms with Crippen LogP contribution < -0.4 is 15.8 Å². The summed E-state index contributed by atoms with van der Waals surface area (Å²) in [6.07, 6.45) is 3.27. The third-order valence-corrected chi connectivity index (χ3v) is 4.75. The van der Waals surface area contributed by atoms with Crippen LogP contribution in [-0.2, 0) is 4.79 Å². The average Bonchev–Trinajstić information content (AvgIpc) is 2.61. The van der Waals surface area contributed by atoms with Crippen molar-refractivity contribution in [2.24, 2.45) is 5.92 Å². The molecular weight excluding hydrogens is 377 g/mol. The molecule has 1 aliphatic heterocycles. The van der Waals surface area contributed by atoms with Crippen molar-refractivity contribution in [2.45, 2.75) is 32.6 Å². The highest BCUT2D eigenvalue weighted by Crippen LogP contribution is 2.30. The van der Waals surface area contributed by atoms with E-state index in [0.717, 1.165) is 19.3 Å². The molecule has 1 unspecified atom stereocenters. The summed E-state index contributed by atoms with van der Waals surface area (Å²) in [4.78, 5) is 26.3. The van der Waals surface area contributed by atoms with Crippen molar-refractivity contribution in [3.63, 3.8) is 0 Å². The van der Waals surface area contributed by atoms with Gasteiger partial charge in [-0.25, -0.2) is 0 Å². The second-order valence-corrected chi connectivity index (χ2v) is 6.79. The molecule has 1 aromatic carbocycles. The molecule has 0 aliphatic carbocycles. The standard InChI is InChI=1S/C18H26ClN3O3.ClH/c1-3-5-17(23)21-10-12-6-4-7-22(11-12)18(24)13-8-14(19)15(20)9-16(13)25-2;/h8-9,12H,3-7,10-11,20H2,1-2H3,(H,21,23);1H. The normalized spacial score (nSPS) is 16.6. The van der Waals surface area contributed by atoms with Gasteiger partial charge in [-0.15, -0.1) is 12.4 Å². The van der Waals surface area contributed by atoms with E-state index in [-0.39, 0.29) is 30.1 Å². The van der Waals surface area contributed by atoms with E-state index in [1.165, 1.54) is 7.11 Å². The number of rotatable bonds is 6. The van der Waals surface area contributed by atoms with Gasteiger partial charge in [0, 0.05) is 32.1 Å². The van der Waals surface area contributed by atoms with E-state index in [1.54, 1.807) is 17.0 Å². The van der Waals surface area contributed by atoms with E-state index < -0.39 is 0 Å². The van der Waals surface area contributed by atoms with Crippen molar-refractivity contribution in [2.75, 3.05) is 32.5 Å². The van der Waals surface area contributed by atoms with Crippen molar-refractivity contribution in [3.05, 3.63) is 22.7 Å². The summed E-state index contributed by atoms with van der Waals surface area (Å²) in [7, 11) is 1.50. The molecule has 0 spiro atoms. The molecule has 1 saturated heterocycles. The van der Waals surface area contributed by atoms with E-state index in [0.29, 0.717) is 48.1 Å². The number of amides is 2. The van der Waals surface area contributed by atoms with Crippen molar-refractivity contribution < 1.29 is 14.3 Å². The molecule has 26 heavy (non-hydrogen) atoms. The maximum atomic E-state index is 12.9. The number of piperidine rings is 1. The number of hydrogen-bond donors (Lipinski definition) is 2. The first-order valence-corrected chi connectivity index (χ1v) is 9.03. The van der Waals surface area contributed by atoms with Crippen molar-refractivity contribution >= 4 is 41.5 Å². The highest BCUT2D eigenvalue weighted by atomic mass is 35.5. The van der Waals surface area contributed by atoms with E-state index in [2.05, 4.69) is 5.32 Å². The molecule has 0 aromatic heterocycles. The summed E-state index contributed by atoms with van der Waals surface area (Å²) in [6, 6.07) is 3.13. The molecule has 2 amide bonds. The van der Waals surface area contributed by atoms with Gasteiger partial charge in [0.25, 0.3) is 5.91 Å². The molecule has 1 aliphatic rings. The Kier molecular flexibility index (Phi) is 9.02. The highest BCUT2D eigenvalue weighted by molar-refractivity contribution is 6.33. The van der Waals surface area contributed by atoms with Crippen LogP contribution in [0.1, 0.15) is 43.0 Å². The number of likely N-dealkylation sites (tertiary alicyclic amines) is 1. The van der Waals surface area contributed by atoms with Crippen LogP contribution in [0.2, 0.25) is 5.02 Å². The Morgan fingerprint density at radius 1 is 1.42 bits per heavy atom. The molecule has 1 atom stereocenters. The van der Waals surface area contributed by atoms with Crippen LogP contribution in [0.25, 0.3) is 0 Å². The molecular formula is C18H27Cl2N3O3. The number of anilines is 1. The Labute approximate surface area is 165 Å². The predicted molar refractivity (Wildman–Crippen MR) is 106 cm³/mol. The first-order chi connectivity index (χ1) is 12.0. The molecule has 0 bridgehead atoms. The van der Waals surface area contributed by atoms with Crippen LogP contribution in [0, 0.1) is 5.92 Å². The Morgan fingerprint density at radius 2 is 2.15 bits per heavy atom. The van der Waals surface area contributed by atoms with Gasteiger partial charge in [0.1, 0.15) is 5.75 Å². The van der Waals surface area contributed by atoms with Gasteiger partial charge in [-0.1, -0.05) is 18.5 Å². The quantitative estimate of drug-likeness (QED) is 0.714. The average molecular weight is 404 g/mol. The number of carbonyl (C=O) groups excluding carboxylic acids is 2. The molecule has 3 N–H and O–H groups in total. The zero-order chi connectivity index (χ0) is 18.4. The number of nitrogens with one attached hydrogen (secondary N) is 1. The lowest BCUT2D eigenvalue weighted by Crippen LogP contribution is -2.43. The zero-order valence-electron chi connectivity index (χ0n) is 15.2. The van der Waals surface area contributed by atoms with Gasteiger partial charge < -0.3 is 20.7 Å². The number of methoxy groups -OCH3 is 1. The van der Waals surface area contributed by atoms with Gasteiger partial charge in [0.15, 0.2) is 0 Å². The molecule has 2 rings (SSSR count). The first-order valence-electron chi connectivity index (χ1n) is 8.65. The number of nitrogens with zero attached hydrogens (tertiary/aromatic N) is 1. The van der Waals surface area contributed by atoms with Crippen molar-refractivity contribution in [1.29, 1.82) is 0 Å². The minimum Gasteiger partial charge on any atom is -0.496 e.